The van der Waals surface area contributed by atoms with E-state index in [9.17, 15) is 4.39 Å². The second-order valence-electron chi connectivity index (χ2n) is 4.17. The summed E-state index contributed by atoms with van der Waals surface area (Å²) in [4.78, 5) is 4.36. The summed E-state index contributed by atoms with van der Waals surface area (Å²) in [7, 11) is 1.60. The molecule has 2 heterocycles. The lowest BCUT2D eigenvalue weighted by Crippen LogP contribution is -1.95. The van der Waals surface area contributed by atoms with Gasteiger partial charge in [-0.15, -0.1) is 0 Å². The number of nitrogens with zero attached hydrogens (tertiary/aromatic N) is 3. The Labute approximate surface area is 109 Å². The smallest absolute Gasteiger partial charge is 0.159 e. The molecule has 3 aromatic rings. The molecule has 2 aromatic heterocycles. The zero-order valence-electron chi connectivity index (χ0n) is 10.4. The van der Waals surface area contributed by atoms with E-state index < -0.39 is 0 Å². The predicted molar refractivity (Wildman–Crippen MR) is 68.7 cm³/mol. The largest absolute Gasteiger partial charge is 0.497 e. The molecule has 5 heteroatoms. The lowest BCUT2D eigenvalue weighted by atomic mass is 10.1. The standard InChI is InChI=1S/C14H12FN3O/c1-19-11-6-7-18-14(9-11)16-13(17-18)8-10-4-2-3-5-12(10)15/h2-7,9H,8H2,1H3. The Morgan fingerprint density at radius 1 is 1.26 bits per heavy atom. The van der Waals surface area contributed by atoms with Crippen molar-refractivity contribution in [1.82, 2.24) is 14.6 Å². The lowest BCUT2D eigenvalue weighted by molar-refractivity contribution is 0.414. The summed E-state index contributed by atoms with van der Waals surface area (Å²) >= 11 is 0. The molecule has 0 aliphatic carbocycles. The van der Waals surface area contributed by atoms with Crippen molar-refractivity contribution in [2.45, 2.75) is 6.42 Å². The van der Waals surface area contributed by atoms with E-state index in [2.05, 4.69) is 10.1 Å². The molecule has 0 bridgehead atoms. The van der Waals surface area contributed by atoms with Gasteiger partial charge in [-0.3, -0.25) is 0 Å². The van der Waals surface area contributed by atoms with Crippen molar-refractivity contribution in [2.75, 3.05) is 7.11 Å². The van der Waals surface area contributed by atoms with Gasteiger partial charge in [-0.25, -0.2) is 13.9 Å². The summed E-state index contributed by atoms with van der Waals surface area (Å²) in [6, 6.07) is 10.2. The van der Waals surface area contributed by atoms with E-state index >= 15 is 0 Å². The van der Waals surface area contributed by atoms with Crippen LogP contribution in [0.15, 0.2) is 42.6 Å². The maximum Gasteiger partial charge on any atom is 0.159 e. The van der Waals surface area contributed by atoms with Crippen LogP contribution in [-0.2, 0) is 6.42 Å². The molecule has 0 saturated heterocycles. The molecule has 0 fully saturated rings. The zero-order valence-corrected chi connectivity index (χ0v) is 10.4. The number of methoxy groups -OCH3 is 1. The Kier molecular flexibility index (Phi) is 2.87. The molecule has 0 spiro atoms. The average molecular weight is 257 g/mol. The van der Waals surface area contributed by atoms with Crippen molar-refractivity contribution >= 4 is 5.65 Å². The van der Waals surface area contributed by atoms with E-state index in [-0.39, 0.29) is 5.82 Å². The number of hydrogen-bond donors (Lipinski definition) is 0. The number of fused-ring (bicyclic) bond motifs is 1. The molecule has 96 valence electrons. The van der Waals surface area contributed by atoms with Crippen molar-refractivity contribution in [2.24, 2.45) is 0 Å². The van der Waals surface area contributed by atoms with E-state index in [0.29, 0.717) is 23.5 Å². The molecule has 1 aromatic carbocycles. The molecular weight excluding hydrogens is 245 g/mol. The van der Waals surface area contributed by atoms with Gasteiger partial charge in [0.05, 0.1) is 7.11 Å². The second kappa shape index (κ2) is 4.68. The van der Waals surface area contributed by atoms with Crippen LogP contribution in [0.1, 0.15) is 11.4 Å². The van der Waals surface area contributed by atoms with E-state index in [1.807, 2.05) is 0 Å². The quantitative estimate of drug-likeness (QED) is 0.723. The molecule has 0 radical (unpaired) electrons. The zero-order chi connectivity index (χ0) is 13.2. The lowest BCUT2D eigenvalue weighted by Gasteiger charge is -1.98. The topological polar surface area (TPSA) is 39.4 Å². The normalized spacial score (nSPS) is 10.8. The van der Waals surface area contributed by atoms with E-state index in [1.54, 1.807) is 48.2 Å². The fourth-order valence-corrected chi connectivity index (χ4v) is 1.92. The van der Waals surface area contributed by atoms with Gasteiger partial charge in [0.2, 0.25) is 0 Å². The molecule has 0 amide bonds. The maximum absolute atomic E-state index is 13.6. The first kappa shape index (κ1) is 11.6. The molecule has 19 heavy (non-hydrogen) atoms. The van der Waals surface area contributed by atoms with Gasteiger partial charge in [0.25, 0.3) is 0 Å². The van der Waals surface area contributed by atoms with E-state index in [4.69, 9.17) is 4.74 Å². The third-order valence-corrected chi connectivity index (χ3v) is 2.89. The summed E-state index contributed by atoms with van der Waals surface area (Å²) in [6.45, 7) is 0. The summed E-state index contributed by atoms with van der Waals surface area (Å²) in [5, 5.41) is 4.31. The van der Waals surface area contributed by atoms with Gasteiger partial charge in [-0.1, -0.05) is 18.2 Å². The molecule has 0 aliphatic rings. The van der Waals surface area contributed by atoms with E-state index in [1.165, 1.54) is 6.07 Å². The fraction of sp³-hybridized carbons (Fsp3) is 0.143. The van der Waals surface area contributed by atoms with Crippen molar-refractivity contribution in [3.8, 4) is 5.75 Å². The SMILES string of the molecule is COc1ccn2nc(Cc3ccccc3F)nc2c1. The first-order chi connectivity index (χ1) is 9.26. The van der Waals surface area contributed by atoms with Crippen molar-refractivity contribution in [3.63, 3.8) is 0 Å². The summed E-state index contributed by atoms with van der Waals surface area (Å²) in [6.07, 6.45) is 2.14. The van der Waals surface area contributed by atoms with Crippen LogP contribution in [0.2, 0.25) is 0 Å². The highest BCUT2D eigenvalue weighted by atomic mass is 19.1. The summed E-state index contributed by atoms with van der Waals surface area (Å²) in [5.74, 6) is 1.06. The molecular formula is C14H12FN3O. The number of benzene rings is 1. The number of halogens is 1. The highest BCUT2D eigenvalue weighted by molar-refractivity contribution is 5.43. The van der Waals surface area contributed by atoms with Crippen LogP contribution < -0.4 is 4.74 Å². The molecule has 0 atom stereocenters. The molecule has 0 saturated carbocycles. The van der Waals surface area contributed by atoms with Gasteiger partial charge in [0, 0.05) is 18.7 Å². The first-order valence-corrected chi connectivity index (χ1v) is 5.89. The van der Waals surface area contributed by atoms with Gasteiger partial charge >= 0.3 is 0 Å². The Bertz CT molecular complexity index is 724. The van der Waals surface area contributed by atoms with Crippen molar-refractivity contribution in [1.29, 1.82) is 0 Å². The third-order valence-electron chi connectivity index (χ3n) is 2.89. The Morgan fingerprint density at radius 3 is 2.89 bits per heavy atom. The number of hydrogen-bond acceptors (Lipinski definition) is 3. The molecule has 0 N–H and O–H groups in total. The predicted octanol–water partition coefficient (Wildman–Crippen LogP) is 2.47. The number of aromatic nitrogens is 3. The highest BCUT2D eigenvalue weighted by Crippen LogP contribution is 2.15. The first-order valence-electron chi connectivity index (χ1n) is 5.89. The minimum atomic E-state index is -0.237. The monoisotopic (exact) mass is 257 g/mol. The Hall–Kier alpha value is -2.43. The minimum Gasteiger partial charge on any atom is -0.497 e. The van der Waals surface area contributed by atoms with Crippen LogP contribution in [0.4, 0.5) is 4.39 Å². The molecule has 3 rings (SSSR count). The van der Waals surface area contributed by atoms with Crippen LogP contribution in [-0.4, -0.2) is 21.7 Å². The summed E-state index contributed by atoms with van der Waals surface area (Å²) < 4.78 is 20.3. The number of ether oxygens (including phenoxy) is 1. The van der Waals surface area contributed by atoms with Crippen LogP contribution in [0.25, 0.3) is 5.65 Å². The van der Waals surface area contributed by atoms with Gasteiger partial charge in [-0.2, -0.15) is 5.10 Å². The van der Waals surface area contributed by atoms with E-state index in [0.717, 1.165) is 5.75 Å². The summed E-state index contributed by atoms with van der Waals surface area (Å²) in [5.41, 5.74) is 1.27. The van der Waals surface area contributed by atoms with Crippen molar-refractivity contribution in [3.05, 3.63) is 59.8 Å². The van der Waals surface area contributed by atoms with Crippen LogP contribution in [0.3, 0.4) is 0 Å². The van der Waals surface area contributed by atoms with Gasteiger partial charge in [0.1, 0.15) is 11.6 Å². The number of pyridine rings is 1. The minimum absolute atomic E-state index is 0.237. The van der Waals surface area contributed by atoms with Gasteiger partial charge < -0.3 is 4.74 Å². The highest BCUT2D eigenvalue weighted by Gasteiger charge is 2.08. The van der Waals surface area contributed by atoms with Crippen molar-refractivity contribution < 1.29 is 9.13 Å². The Morgan fingerprint density at radius 2 is 2.11 bits per heavy atom. The van der Waals surface area contributed by atoms with Gasteiger partial charge in [-0.05, 0) is 17.7 Å². The molecule has 0 aliphatic heterocycles. The second-order valence-corrected chi connectivity index (χ2v) is 4.17. The van der Waals surface area contributed by atoms with Gasteiger partial charge in [0.15, 0.2) is 11.5 Å². The third kappa shape index (κ3) is 2.27. The Balaban J connectivity index is 1.95. The number of rotatable bonds is 3. The molecule has 4 nitrogen and oxygen atoms in total. The molecule has 0 unspecified atom stereocenters. The fourth-order valence-electron chi connectivity index (χ4n) is 1.92. The van der Waals surface area contributed by atoms with Crippen LogP contribution in [0.5, 0.6) is 5.75 Å². The maximum atomic E-state index is 13.6. The van der Waals surface area contributed by atoms with Crippen LogP contribution >= 0.6 is 0 Å². The average Bonchev–Trinajstić information content (AvgIpc) is 2.82. The van der Waals surface area contributed by atoms with Crippen LogP contribution in [0, 0.1) is 5.82 Å².